The molecule has 5 heteroatoms. The number of nitrogens with zero attached hydrogens (tertiary/aromatic N) is 2. The number of nitrogens with two attached hydrogens (primary N) is 1. The van der Waals surface area contributed by atoms with Gasteiger partial charge in [0.05, 0.1) is 18.2 Å². The van der Waals surface area contributed by atoms with E-state index in [2.05, 4.69) is 28.2 Å². The average molecular weight is 266 g/mol. The lowest BCUT2D eigenvalue weighted by Gasteiger charge is -2.48. The number of likely N-dealkylation sites (N-methyl/N-ethyl adjacent to an activating group) is 1. The second kappa shape index (κ2) is 5.40. The van der Waals surface area contributed by atoms with Crippen LogP contribution in [-0.4, -0.2) is 74.4 Å². The SMILES string of the molecule is CN1CCOC2(CCN(C3=CCNCC3N)CC2)C1. The molecule has 3 aliphatic rings. The van der Waals surface area contributed by atoms with Crippen LogP contribution in [0, 0.1) is 0 Å². The van der Waals surface area contributed by atoms with Crippen LogP contribution in [0.4, 0.5) is 0 Å². The van der Waals surface area contributed by atoms with Crippen molar-refractivity contribution >= 4 is 0 Å². The van der Waals surface area contributed by atoms with Crippen LogP contribution in [-0.2, 0) is 4.74 Å². The molecule has 3 rings (SSSR count). The Hall–Kier alpha value is -0.620. The smallest absolute Gasteiger partial charge is 0.0842 e. The fourth-order valence-electron chi connectivity index (χ4n) is 3.54. The number of piperidine rings is 1. The normalized spacial score (nSPS) is 32.4. The fourth-order valence-corrected chi connectivity index (χ4v) is 3.54. The quantitative estimate of drug-likeness (QED) is 0.676. The van der Waals surface area contributed by atoms with Gasteiger partial charge in [-0.2, -0.15) is 0 Å². The van der Waals surface area contributed by atoms with Crippen LogP contribution in [0.25, 0.3) is 0 Å². The second-order valence-electron chi connectivity index (χ2n) is 6.15. The molecule has 2 saturated heterocycles. The van der Waals surface area contributed by atoms with Gasteiger partial charge in [0.2, 0.25) is 0 Å². The van der Waals surface area contributed by atoms with Crippen LogP contribution in [0.15, 0.2) is 11.8 Å². The van der Waals surface area contributed by atoms with Crippen molar-refractivity contribution in [3.05, 3.63) is 11.8 Å². The van der Waals surface area contributed by atoms with E-state index in [1.165, 1.54) is 5.70 Å². The number of rotatable bonds is 1. The Morgan fingerprint density at radius 2 is 2.16 bits per heavy atom. The van der Waals surface area contributed by atoms with Gasteiger partial charge in [0.15, 0.2) is 0 Å². The molecule has 0 bridgehead atoms. The van der Waals surface area contributed by atoms with E-state index in [0.717, 1.165) is 58.7 Å². The zero-order valence-electron chi connectivity index (χ0n) is 11.9. The first-order valence-electron chi connectivity index (χ1n) is 7.42. The Morgan fingerprint density at radius 1 is 1.37 bits per heavy atom. The van der Waals surface area contributed by atoms with Gasteiger partial charge in [-0.25, -0.2) is 0 Å². The van der Waals surface area contributed by atoms with Crippen molar-refractivity contribution in [1.29, 1.82) is 0 Å². The van der Waals surface area contributed by atoms with E-state index < -0.39 is 0 Å². The first-order chi connectivity index (χ1) is 9.19. The summed E-state index contributed by atoms with van der Waals surface area (Å²) in [4.78, 5) is 4.86. The van der Waals surface area contributed by atoms with Crippen molar-refractivity contribution in [3.63, 3.8) is 0 Å². The summed E-state index contributed by atoms with van der Waals surface area (Å²) in [6.07, 6.45) is 4.49. The molecular formula is C14H26N4O. The first kappa shape index (κ1) is 13.4. The van der Waals surface area contributed by atoms with Crippen LogP contribution in [0.5, 0.6) is 0 Å². The van der Waals surface area contributed by atoms with Crippen LogP contribution < -0.4 is 11.1 Å². The van der Waals surface area contributed by atoms with E-state index in [0.29, 0.717) is 0 Å². The van der Waals surface area contributed by atoms with Gasteiger partial charge in [-0.15, -0.1) is 0 Å². The molecule has 3 N–H and O–H groups in total. The van der Waals surface area contributed by atoms with Gasteiger partial charge < -0.3 is 25.6 Å². The molecule has 0 aromatic heterocycles. The van der Waals surface area contributed by atoms with Crippen LogP contribution in [0.1, 0.15) is 12.8 Å². The van der Waals surface area contributed by atoms with Gasteiger partial charge in [-0.3, -0.25) is 0 Å². The standard InChI is InChI=1S/C14H26N4O/c1-17-8-9-19-14(11-17)3-6-18(7-4-14)13-2-5-16-10-12(13)15/h2,12,16H,3-11,15H2,1H3. The Balaban J connectivity index is 1.61. The molecule has 1 unspecified atom stereocenters. The summed E-state index contributed by atoms with van der Waals surface area (Å²) < 4.78 is 6.11. The molecule has 0 aromatic rings. The third kappa shape index (κ3) is 2.79. The number of hydrogen-bond acceptors (Lipinski definition) is 5. The topological polar surface area (TPSA) is 53.8 Å². The Morgan fingerprint density at radius 3 is 2.84 bits per heavy atom. The highest BCUT2D eigenvalue weighted by Crippen LogP contribution is 2.31. The van der Waals surface area contributed by atoms with E-state index in [1.54, 1.807) is 0 Å². The lowest BCUT2D eigenvalue weighted by Crippen LogP contribution is -2.57. The minimum absolute atomic E-state index is 0.0983. The van der Waals surface area contributed by atoms with Crippen molar-refractivity contribution < 1.29 is 4.74 Å². The highest BCUT2D eigenvalue weighted by Gasteiger charge is 2.39. The zero-order valence-corrected chi connectivity index (χ0v) is 11.9. The van der Waals surface area contributed by atoms with E-state index in [9.17, 15) is 0 Å². The fraction of sp³-hybridized carbons (Fsp3) is 0.857. The van der Waals surface area contributed by atoms with E-state index >= 15 is 0 Å². The summed E-state index contributed by atoms with van der Waals surface area (Å²) in [5, 5.41) is 3.31. The van der Waals surface area contributed by atoms with Crippen molar-refractivity contribution in [2.75, 3.05) is 52.9 Å². The molecule has 1 atom stereocenters. The number of morpholine rings is 1. The first-order valence-corrected chi connectivity index (χ1v) is 7.42. The predicted octanol–water partition coefficient (Wildman–Crippen LogP) is -0.403. The van der Waals surface area contributed by atoms with E-state index in [1.807, 2.05) is 0 Å². The highest BCUT2D eigenvalue weighted by atomic mass is 16.5. The summed E-state index contributed by atoms with van der Waals surface area (Å²) in [6.45, 7) is 7.01. The molecule has 2 fully saturated rings. The lowest BCUT2D eigenvalue weighted by molar-refractivity contribution is -0.128. The lowest BCUT2D eigenvalue weighted by atomic mass is 9.88. The number of hydrogen-bond donors (Lipinski definition) is 2. The summed E-state index contributed by atoms with van der Waals surface area (Å²) in [5.74, 6) is 0. The monoisotopic (exact) mass is 266 g/mol. The van der Waals surface area contributed by atoms with Crippen molar-refractivity contribution in [2.45, 2.75) is 24.5 Å². The second-order valence-corrected chi connectivity index (χ2v) is 6.15. The maximum atomic E-state index is 6.19. The third-order valence-electron chi connectivity index (χ3n) is 4.68. The van der Waals surface area contributed by atoms with Crippen molar-refractivity contribution in [3.8, 4) is 0 Å². The summed E-state index contributed by atoms with van der Waals surface area (Å²) in [7, 11) is 2.20. The molecule has 5 nitrogen and oxygen atoms in total. The van der Waals surface area contributed by atoms with Crippen LogP contribution in [0.3, 0.4) is 0 Å². The molecule has 3 heterocycles. The van der Waals surface area contributed by atoms with Gasteiger partial charge in [0.1, 0.15) is 0 Å². The Kier molecular flexibility index (Phi) is 3.80. The zero-order chi connectivity index (χ0) is 13.3. The summed E-state index contributed by atoms with van der Waals surface area (Å²) >= 11 is 0. The average Bonchev–Trinajstić information content (AvgIpc) is 2.40. The number of likely N-dealkylation sites (tertiary alicyclic amines) is 1. The summed E-state index contributed by atoms with van der Waals surface area (Å²) in [5.41, 5.74) is 7.62. The molecule has 0 radical (unpaired) electrons. The maximum Gasteiger partial charge on any atom is 0.0842 e. The maximum absolute atomic E-state index is 6.19. The number of ether oxygens (including phenoxy) is 1. The molecule has 3 aliphatic heterocycles. The van der Waals surface area contributed by atoms with Gasteiger partial charge in [0.25, 0.3) is 0 Å². The Bertz CT molecular complexity index is 349. The van der Waals surface area contributed by atoms with Crippen LogP contribution in [0.2, 0.25) is 0 Å². The predicted molar refractivity (Wildman–Crippen MR) is 75.9 cm³/mol. The van der Waals surface area contributed by atoms with Crippen molar-refractivity contribution in [1.82, 2.24) is 15.1 Å². The minimum atomic E-state index is 0.0983. The summed E-state index contributed by atoms with van der Waals surface area (Å²) in [6, 6.07) is 0.151. The molecule has 0 aliphatic carbocycles. The minimum Gasteiger partial charge on any atom is -0.374 e. The molecule has 0 amide bonds. The molecule has 0 saturated carbocycles. The molecule has 0 aromatic carbocycles. The molecule has 1 spiro atoms. The van der Waals surface area contributed by atoms with Gasteiger partial charge in [-0.1, -0.05) is 0 Å². The van der Waals surface area contributed by atoms with Gasteiger partial charge >= 0.3 is 0 Å². The van der Waals surface area contributed by atoms with Crippen molar-refractivity contribution in [2.24, 2.45) is 5.73 Å². The van der Waals surface area contributed by atoms with Gasteiger partial charge in [0, 0.05) is 45.0 Å². The molecular weight excluding hydrogens is 240 g/mol. The number of nitrogens with one attached hydrogen (secondary N) is 1. The van der Waals surface area contributed by atoms with E-state index in [4.69, 9.17) is 10.5 Å². The largest absolute Gasteiger partial charge is 0.374 e. The molecule has 19 heavy (non-hydrogen) atoms. The third-order valence-corrected chi connectivity index (χ3v) is 4.68. The Labute approximate surface area is 115 Å². The van der Waals surface area contributed by atoms with Crippen LogP contribution >= 0.6 is 0 Å². The highest BCUT2D eigenvalue weighted by molar-refractivity contribution is 5.15. The van der Waals surface area contributed by atoms with Gasteiger partial charge in [-0.05, 0) is 26.0 Å². The van der Waals surface area contributed by atoms with E-state index in [-0.39, 0.29) is 11.6 Å². The molecule has 108 valence electrons.